The lowest BCUT2D eigenvalue weighted by atomic mass is 10.1. The van der Waals surface area contributed by atoms with E-state index in [2.05, 4.69) is 0 Å². The third-order valence-corrected chi connectivity index (χ3v) is 5.46. The molecule has 4 rings (SSSR count). The van der Waals surface area contributed by atoms with Crippen LogP contribution in [0.2, 0.25) is 5.02 Å². The topological polar surface area (TPSA) is 60.9 Å². The van der Waals surface area contributed by atoms with E-state index in [4.69, 9.17) is 22.4 Å². The van der Waals surface area contributed by atoms with Gasteiger partial charge in [0.15, 0.2) is 0 Å². The maximum Gasteiger partial charge on any atom is 0.248 e. The van der Waals surface area contributed by atoms with Crippen LogP contribution in [0.4, 0.5) is 0 Å². The van der Waals surface area contributed by atoms with E-state index in [1.54, 1.807) is 23.9 Å². The quantitative estimate of drug-likeness (QED) is 0.480. The third-order valence-electron chi connectivity index (χ3n) is 4.19. The Labute approximate surface area is 172 Å². The number of para-hydroxylation sites is 1. The first kappa shape index (κ1) is 18.3. The lowest BCUT2D eigenvalue weighted by Gasteiger charge is -2.04. The molecule has 0 saturated carbocycles. The third kappa shape index (κ3) is 3.96. The van der Waals surface area contributed by atoms with Crippen molar-refractivity contribution in [2.24, 2.45) is 5.73 Å². The number of hydrogen-bond acceptors (Lipinski definition) is 3. The summed E-state index contributed by atoms with van der Waals surface area (Å²) in [4.78, 5) is 13.4. The minimum atomic E-state index is -0.447. The molecule has 2 N–H and O–H groups in total. The lowest BCUT2D eigenvalue weighted by Crippen LogP contribution is -2.10. The molecule has 1 amide bonds. The Bertz CT molecular complexity index is 1110. The number of halogens is 1. The van der Waals surface area contributed by atoms with Crippen LogP contribution in [0.25, 0.3) is 16.9 Å². The van der Waals surface area contributed by atoms with Crippen LogP contribution in [0.15, 0.2) is 94.9 Å². The minimum Gasteiger partial charge on any atom is -0.366 e. The predicted octanol–water partition coefficient (Wildman–Crippen LogP) is 5.44. The smallest absolute Gasteiger partial charge is 0.248 e. The number of amides is 1. The van der Waals surface area contributed by atoms with E-state index < -0.39 is 5.91 Å². The van der Waals surface area contributed by atoms with Crippen LogP contribution in [0.1, 0.15) is 10.4 Å². The van der Waals surface area contributed by atoms with E-state index in [0.717, 1.165) is 26.7 Å². The highest BCUT2D eigenvalue weighted by Crippen LogP contribution is 2.36. The molecule has 4 nitrogen and oxygen atoms in total. The summed E-state index contributed by atoms with van der Waals surface area (Å²) in [6, 6.07) is 24.8. The molecule has 0 aliphatic heterocycles. The molecular weight excluding hydrogens is 390 g/mol. The second-order valence-corrected chi connectivity index (χ2v) is 7.67. The SMILES string of the molecule is NC(=O)c1ccc(-c2nn(-c3ccccc3)cc2Sc2ccc(Cl)cc2)cc1. The van der Waals surface area contributed by atoms with Crippen LogP contribution in [0.5, 0.6) is 0 Å². The first-order chi connectivity index (χ1) is 13.6. The number of benzene rings is 3. The van der Waals surface area contributed by atoms with Gasteiger partial charge in [0.25, 0.3) is 0 Å². The highest BCUT2D eigenvalue weighted by molar-refractivity contribution is 7.99. The van der Waals surface area contributed by atoms with Gasteiger partial charge in [-0.25, -0.2) is 4.68 Å². The fourth-order valence-corrected chi connectivity index (χ4v) is 3.83. The summed E-state index contributed by atoms with van der Waals surface area (Å²) in [7, 11) is 0. The van der Waals surface area contributed by atoms with Gasteiger partial charge in [0.05, 0.1) is 10.6 Å². The van der Waals surface area contributed by atoms with E-state index in [1.807, 2.05) is 77.6 Å². The Morgan fingerprint density at radius 3 is 2.25 bits per heavy atom. The number of carbonyl (C=O) groups excluding carboxylic acids is 1. The number of primary amides is 1. The van der Waals surface area contributed by atoms with Gasteiger partial charge in [-0.2, -0.15) is 5.10 Å². The number of hydrogen-bond donors (Lipinski definition) is 1. The molecule has 0 aliphatic carbocycles. The number of nitrogens with two attached hydrogens (primary N) is 1. The first-order valence-electron chi connectivity index (χ1n) is 8.59. The molecule has 1 aromatic heterocycles. The summed E-state index contributed by atoms with van der Waals surface area (Å²) in [5.74, 6) is -0.447. The molecule has 0 unspecified atom stereocenters. The van der Waals surface area contributed by atoms with Gasteiger partial charge in [0, 0.05) is 27.2 Å². The monoisotopic (exact) mass is 405 g/mol. The molecule has 0 spiro atoms. The van der Waals surface area contributed by atoms with Gasteiger partial charge in [-0.1, -0.05) is 53.7 Å². The average molecular weight is 406 g/mol. The van der Waals surface area contributed by atoms with Crippen LogP contribution in [0, 0.1) is 0 Å². The molecule has 0 fully saturated rings. The van der Waals surface area contributed by atoms with Gasteiger partial charge in [-0.05, 0) is 48.5 Å². The Morgan fingerprint density at radius 2 is 1.61 bits per heavy atom. The molecule has 28 heavy (non-hydrogen) atoms. The largest absolute Gasteiger partial charge is 0.366 e. The Morgan fingerprint density at radius 1 is 0.929 bits per heavy atom. The molecule has 3 aromatic carbocycles. The normalized spacial score (nSPS) is 10.8. The highest BCUT2D eigenvalue weighted by atomic mass is 35.5. The minimum absolute atomic E-state index is 0.447. The zero-order valence-electron chi connectivity index (χ0n) is 14.7. The van der Waals surface area contributed by atoms with Gasteiger partial charge in [0.2, 0.25) is 5.91 Å². The molecule has 0 bridgehead atoms. The Hall–Kier alpha value is -3.02. The summed E-state index contributed by atoms with van der Waals surface area (Å²) >= 11 is 7.61. The van der Waals surface area contributed by atoms with Crippen molar-refractivity contribution in [3.05, 3.63) is 95.6 Å². The van der Waals surface area contributed by atoms with Crippen molar-refractivity contribution in [2.75, 3.05) is 0 Å². The fraction of sp³-hybridized carbons (Fsp3) is 0. The van der Waals surface area contributed by atoms with Crippen molar-refractivity contribution >= 4 is 29.3 Å². The van der Waals surface area contributed by atoms with E-state index in [-0.39, 0.29) is 0 Å². The maximum absolute atomic E-state index is 11.4. The van der Waals surface area contributed by atoms with E-state index in [9.17, 15) is 4.79 Å². The zero-order valence-corrected chi connectivity index (χ0v) is 16.3. The number of aromatic nitrogens is 2. The Balaban J connectivity index is 1.77. The molecule has 0 aliphatic rings. The van der Waals surface area contributed by atoms with Crippen LogP contribution in [-0.2, 0) is 0 Å². The summed E-state index contributed by atoms with van der Waals surface area (Å²) in [6.07, 6.45) is 2.01. The molecule has 0 atom stereocenters. The van der Waals surface area contributed by atoms with Gasteiger partial charge >= 0.3 is 0 Å². The molecule has 0 saturated heterocycles. The van der Waals surface area contributed by atoms with Crippen molar-refractivity contribution in [1.29, 1.82) is 0 Å². The van der Waals surface area contributed by atoms with Crippen LogP contribution < -0.4 is 5.73 Å². The molecule has 0 radical (unpaired) electrons. The standard InChI is InChI=1S/C22H16ClN3OS/c23-17-10-12-19(13-11-17)28-20-14-26(18-4-2-1-3-5-18)25-21(20)15-6-8-16(9-7-15)22(24)27/h1-14H,(H2,24,27). The molecular formula is C22H16ClN3OS. The van der Waals surface area contributed by atoms with Crippen molar-refractivity contribution in [1.82, 2.24) is 9.78 Å². The molecule has 4 aromatic rings. The van der Waals surface area contributed by atoms with Crippen molar-refractivity contribution in [3.8, 4) is 16.9 Å². The lowest BCUT2D eigenvalue weighted by molar-refractivity contribution is 0.100. The number of carbonyl (C=O) groups is 1. The average Bonchev–Trinajstić information content (AvgIpc) is 3.14. The van der Waals surface area contributed by atoms with Gasteiger partial charge < -0.3 is 5.73 Å². The van der Waals surface area contributed by atoms with Crippen LogP contribution in [-0.4, -0.2) is 15.7 Å². The van der Waals surface area contributed by atoms with Crippen molar-refractivity contribution < 1.29 is 4.79 Å². The molecule has 1 heterocycles. The fourth-order valence-electron chi connectivity index (χ4n) is 2.77. The second kappa shape index (κ2) is 7.92. The highest BCUT2D eigenvalue weighted by Gasteiger charge is 2.14. The van der Waals surface area contributed by atoms with Gasteiger partial charge in [-0.3, -0.25) is 4.79 Å². The van der Waals surface area contributed by atoms with E-state index in [1.165, 1.54) is 0 Å². The van der Waals surface area contributed by atoms with Crippen LogP contribution in [0.3, 0.4) is 0 Å². The number of rotatable bonds is 5. The van der Waals surface area contributed by atoms with Crippen LogP contribution >= 0.6 is 23.4 Å². The summed E-state index contributed by atoms with van der Waals surface area (Å²) < 4.78 is 1.86. The Kier molecular flexibility index (Phi) is 5.19. The van der Waals surface area contributed by atoms with Crippen molar-refractivity contribution in [2.45, 2.75) is 9.79 Å². The summed E-state index contributed by atoms with van der Waals surface area (Å²) in [5.41, 5.74) is 8.54. The maximum atomic E-state index is 11.4. The number of nitrogens with zero attached hydrogens (tertiary/aromatic N) is 2. The zero-order chi connectivity index (χ0) is 19.5. The summed E-state index contributed by atoms with van der Waals surface area (Å²) in [5, 5.41) is 5.49. The van der Waals surface area contributed by atoms with E-state index >= 15 is 0 Å². The second-order valence-electron chi connectivity index (χ2n) is 6.12. The molecule has 138 valence electrons. The van der Waals surface area contributed by atoms with E-state index in [0.29, 0.717) is 10.6 Å². The van der Waals surface area contributed by atoms with Crippen molar-refractivity contribution in [3.63, 3.8) is 0 Å². The van der Waals surface area contributed by atoms with Gasteiger partial charge in [0.1, 0.15) is 5.69 Å². The predicted molar refractivity (Wildman–Crippen MR) is 113 cm³/mol. The first-order valence-corrected chi connectivity index (χ1v) is 9.78. The molecule has 6 heteroatoms. The summed E-state index contributed by atoms with van der Waals surface area (Å²) in [6.45, 7) is 0. The van der Waals surface area contributed by atoms with Gasteiger partial charge in [-0.15, -0.1) is 0 Å².